The van der Waals surface area contributed by atoms with E-state index in [2.05, 4.69) is 79.9 Å². The van der Waals surface area contributed by atoms with Gasteiger partial charge in [0.2, 0.25) is 0 Å². The van der Waals surface area contributed by atoms with Crippen molar-refractivity contribution < 1.29 is 4.42 Å². The number of nitrogens with one attached hydrogen (secondary N) is 1. The van der Waals surface area contributed by atoms with Crippen LogP contribution in [0.25, 0.3) is 5.69 Å². The average Bonchev–Trinajstić information content (AvgIpc) is 3.49. The summed E-state index contributed by atoms with van der Waals surface area (Å²) in [5.74, 6) is 0.875. The van der Waals surface area contributed by atoms with Gasteiger partial charge in [-0.1, -0.05) is 18.2 Å². The second-order valence-corrected chi connectivity index (χ2v) is 9.19. The zero-order valence-corrected chi connectivity index (χ0v) is 20.2. The number of hydrogen-bond acceptors (Lipinski definition) is 3. The number of aryl methyl sites for hydroxylation is 1. The third-order valence-electron chi connectivity index (χ3n) is 5.99. The highest BCUT2D eigenvalue weighted by atomic mass is 79.9. The van der Waals surface area contributed by atoms with Crippen molar-refractivity contribution in [2.24, 2.45) is 0 Å². The number of halogens is 1. The summed E-state index contributed by atoms with van der Waals surface area (Å²) in [4.78, 5) is 6.86. The van der Waals surface area contributed by atoms with E-state index in [4.69, 9.17) is 16.6 Å². The van der Waals surface area contributed by atoms with Crippen molar-refractivity contribution in [3.8, 4) is 5.69 Å². The van der Waals surface area contributed by atoms with E-state index in [9.17, 15) is 0 Å². The van der Waals surface area contributed by atoms with Gasteiger partial charge in [0.15, 0.2) is 5.11 Å². The fourth-order valence-electron chi connectivity index (χ4n) is 4.58. The molecule has 1 aliphatic heterocycles. The molecule has 4 aromatic rings. The first-order valence-corrected chi connectivity index (χ1v) is 11.7. The lowest BCUT2D eigenvalue weighted by Crippen LogP contribution is -2.29. The van der Waals surface area contributed by atoms with Crippen LogP contribution in [0, 0.1) is 13.8 Å². The fraction of sp³-hybridized carbons (Fsp3) is 0.200. The van der Waals surface area contributed by atoms with E-state index >= 15 is 0 Å². The van der Waals surface area contributed by atoms with Crippen LogP contribution in [0.3, 0.4) is 0 Å². The molecule has 162 valence electrons. The molecule has 32 heavy (non-hydrogen) atoms. The van der Waals surface area contributed by atoms with E-state index in [0.717, 1.165) is 21.6 Å². The predicted molar refractivity (Wildman–Crippen MR) is 133 cm³/mol. The van der Waals surface area contributed by atoms with Crippen molar-refractivity contribution in [2.75, 3.05) is 0 Å². The molecule has 0 saturated carbocycles. The van der Waals surface area contributed by atoms with Gasteiger partial charge in [-0.3, -0.25) is 4.98 Å². The second kappa shape index (κ2) is 8.56. The number of furan rings is 1. The number of aromatic nitrogens is 2. The van der Waals surface area contributed by atoms with E-state index in [0.29, 0.717) is 11.7 Å². The van der Waals surface area contributed by atoms with Gasteiger partial charge in [-0.2, -0.15) is 0 Å². The van der Waals surface area contributed by atoms with Gasteiger partial charge in [0.05, 0.1) is 36.3 Å². The van der Waals surface area contributed by atoms with Gasteiger partial charge < -0.3 is 19.2 Å². The molecule has 0 amide bonds. The highest BCUT2D eigenvalue weighted by molar-refractivity contribution is 9.10. The molecular formula is C25H23BrN4OS. The predicted octanol–water partition coefficient (Wildman–Crippen LogP) is 6.02. The number of benzene rings is 1. The van der Waals surface area contributed by atoms with E-state index in [1.807, 2.05) is 36.5 Å². The number of para-hydroxylation sites is 1. The van der Waals surface area contributed by atoms with E-state index in [1.54, 1.807) is 6.26 Å². The van der Waals surface area contributed by atoms with Crippen LogP contribution >= 0.6 is 28.1 Å². The molecular weight excluding hydrogens is 484 g/mol. The summed E-state index contributed by atoms with van der Waals surface area (Å²) in [6.07, 6.45) is 3.53. The topological polar surface area (TPSA) is 46.2 Å². The largest absolute Gasteiger partial charge is 0.467 e. The SMILES string of the molecule is Cc1cc([C@H]2[C@H](c3ccccn3)NC(=S)N2Cc2ccco2)c(C)n1-c1ccccc1Br. The minimum Gasteiger partial charge on any atom is -0.467 e. The van der Waals surface area contributed by atoms with Gasteiger partial charge in [0, 0.05) is 22.1 Å². The molecule has 5 rings (SSSR count). The number of rotatable bonds is 5. The Hall–Kier alpha value is -2.90. The molecule has 4 heterocycles. The normalized spacial score (nSPS) is 18.2. The molecule has 2 atom stereocenters. The van der Waals surface area contributed by atoms with Crippen molar-refractivity contribution in [1.82, 2.24) is 19.8 Å². The number of hydrogen-bond donors (Lipinski definition) is 1. The Bertz CT molecular complexity index is 1250. The fourth-order valence-corrected chi connectivity index (χ4v) is 5.34. The van der Waals surface area contributed by atoms with Gasteiger partial charge in [0.25, 0.3) is 0 Å². The Labute approximate surface area is 201 Å². The molecule has 1 aliphatic rings. The maximum Gasteiger partial charge on any atom is 0.170 e. The van der Waals surface area contributed by atoms with Crippen LogP contribution in [0.2, 0.25) is 0 Å². The monoisotopic (exact) mass is 506 g/mol. The zero-order valence-electron chi connectivity index (χ0n) is 17.8. The van der Waals surface area contributed by atoms with E-state index in [-0.39, 0.29) is 12.1 Å². The number of pyridine rings is 1. The van der Waals surface area contributed by atoms with Gasteiger partial charge >= 0.3 is 0 Å². The van der Waals surface area contributed by atoms with Crippen LogP contribution in [-0.2, 0) is 6.54 Å². The van der Waals surface area contributed by atoms with Crippen LogP contribution in [0.1, 0.15) is 40.5 Å². The second-order valence-electron chi connectivity index (χ2n) is 7.95. The van der Waals surface area contributed by atoms with Crippen molar-refractivity contribution in [1.29, 1.82) is 0 Å². The van der Waals surface area contributed by atoms with Gasteiger partial charge in [-0.15, -0.1) is 0 Å². The Morgan fingerprint density at radius 1 is 1.09 bits per heavy atom. The quantitative estimate of drug-likeness (QED) is 0.335. The first-order valence-electron chi connectivity index (χ1n) is 10.5. The third kappa shape index (κ3) is 3.65. The molecule has 0 bridgehead atoms. The first-order chi connectivity index (χ1) is 15.5. The van der Waals surface area contributed by atoms with Crippen molar-refractivity contribution in [3.05, 3.63) is 106 Å². The summed E-state index contributed by atoms with van der Waals surface area (Å²) in [5.41, 5.74) is 5.64. The first kappa shape index (κ1) is 21.0. The lowest BCUT2D eigenvalue weighted by atomic mass is 9.96. The summed E-state index contributed by atoms with van der Waals surface area (Å²) in [6.45, 7) is 4.90. The van der Waals surface area contributed by atoms with Gasteiger partial charge in [-0.05, 0) is 90.0 Å². The van der Waals surface area contributed by atoms with Gasteiger partial charge in [0.1, 0.15) is 5.76 Å². The van der Waals surface area contributed by atoms with Crippen LogP contribution in [0.15, 0.2) is 82.0 Å². The highest BCUT2D eigenvalue weighted by Crippen LogP contribution is 2.42. The van der Waals surface area contributed by atoms with Crippen LogP contribution in [-0.4, -0.2) is 19.6 Å². The minimum atomic E-state index is -0.0631. The van der Waals surface area contributed by atoms with Crippen molar-refractivity contribution in [2.45, 2.75) is 32.5 Å². The number of nitrogens with zero attached hydrogens (tertiary/aromatic N) is 3. The molecule has 0 unspecified atom stereocenters. The average molecular weight is 507 g/mol. The molecule has 1 saturated heterocycles. The van der Waals surface area contributed by atoms with Gasteiger partial charge in [-0.25, -0.2) is 0 Å². The molecule has 1 aromatic carbocycles. The lowest BCUT2D eigenvalue weighted by Gasteiger charge is -2.27. The standard InChI is InChI=1S/C25H23BrN4OS/c1-16-14-19(17(2)30(16)22-11-4-3-9-20(22)26)24-23(21-10-5-6-12-27-21)28-25(32)29(24)15-18-8-7-13-31-18/h3-14,23-24H,15H2,1-2H3,(H,28,32)/t23-,24-/m0/s1. The summed E-state index contributed by atoms with van der Waals surface area (Å²) in [7, 11) is 0. The smallest absolute Gasteiger partial charge is 0.170 e. The van der Waals surface area contributed by atoms with Crippen molar-refractivity contribution in [3.63, 3.8) is 0 Å². The Morgan fingerprint density at radius 2 is 1.91 bits per heavy atom. The zero-order chi connectivity index (χ0) is 22.2. The Balaban J connectivity index is 1.64. The van der Waals surface area contributed by atoms with Crippen LogP contribution < -0.4 is 5.32 Å². The van der Waals surface area contributed by atoms with Crippen molar-refractivity contribution >= 4 is 33.3 Å². The molecule has 0 aliphatic carbocycles. The number of thiocarbonyl (C=S) groups is 1. The summed E-state index contributed by atoms with van der Waals surface area (Å²) in [6, 6.07) is 20.4. The molecule has 1 N–H and O–H groups in total. The maximum absolute atomic E-state index is 5.80. The molecule has 0 radical (unpaired) electrons. The van der Waals surface area contributed by atoms with Crippen LogP contribution in [0.5, 0.6) is 0 Å². The minimum absolute atomic E-state index is 0.0232. The molecule has 0 spiro atoms. The summed E-state index contributed by atoms with van der Waals surface area (Å²) in [5, 5.41) is 4.22. The van der Waals surface area contributed by atoms with E-state index < -0.39 is 0 Å². The maximum atomic E-state index is 5.80. The Kier molecular flexibility index (Phi) is 5.61. The van der Waals surface area contributed by atoms with Crippen LogP contribution in [0.4, 0.5) is 0 Å². The highest BCUT2D eigenvalue weighted by Gasteiger charge is 2.41. The third-order valence-corrected chi connectivity index (χ3v) is 7.01. The molecule has 7 heteroatoms. The Morgan fingerprint density at radius 3 is 2.62 bits per heavy atom. The molecule has 3 aromatic heterocycles. The molecule has 5 nitrogen and oxygen atoms in total. The summed E-state index contributed by atoms with van der Waals surface area (Å²) >= 11 is 9.51. The molecule has 1 fully saturated rings. The van der Waals surface area contributed by atoms with E-state index in [1.165, 1.54) is 17.0 Å². The summed E-state index contributed by atoms with van der Waals surface area (Å²) < 4.78 is 9.01. The lowest BCUT2D eigenvalue weighted by molar-refractivity contribution is 0.286.